The van der Waals surface area contributed by atoms with Gasteiger partial charge in [-0.2, -0.15) is 0 Å². The van der Waals surface area contributed by atoms with Crippen molar-refractivity contribution >= 4 is 0 Å². The molecule has 0 unspecified atom stereocenters. The van der Waals surface area contributed by atoms with E-state index in [2.05, 4.69) is 23.0 Å². The Kier molecular flexibility index (Phi) is 4.90. The number of rotatable bonds is 5. The molecule has 2 aromatic carbocycles. The van der Waals surface area contributed by atoms with Crippen molar-refractivity contribution < 1.29 is 14.2 Å². The van der Waals surface area contributed by atoms with Crippen LogP contribution >= 0.6 is 0 Å². The molecule has 2 saturated heterocycles. The maximum absolute atomic E-state index is 13.2. The van der Waals surface area contributed by atoms with Crippen molar-refractivity contribution in [2.75, 3.05) is 6.61 Å². The number of halogens is 1. The number of fused-ring (bicyclic) bond motifs is 2. The van der Waals surface area contributed by atoms with E-state index in [9.17, 15) is 9.50 Å². The van der Waals surface area contributed by atoms with Crippen LogP contribution in [-0.4, -0.2) is 28.7 Å². The zero-order valence-corrected chi connectivity index (χ0v) is 15.3. The van der Waals surface area contributed by atoms with Gasteiger partial charge in [0.05, 0.1) is 5.60 Å². The molecule has 27 heavy (non-hydrogen) atoms. The Bertz CT molecular complexity index is 811. The number of nitrogens with zero attached hydrogens (tertiary/aromatic N) is 1. The minimum Gasteiger partial charge on any atom is -0.481 e. The third-order valence-corrected chi connectivity index (χ3v) is 5.91. The van der Waals surface area contributed by atoms with Gasteiger partial charge in [-0.05, 0) is 61.1 Å². The minimum atomic E-state index is -0.858. The van der Waals surface area contributed by atoms with Crippen molar-refractivity contribution in [3.8, 4) is 18.1 Å². The van der Waals surface area contributed by atoms with Gasteiger partial charge in [0.2, 0.25) is 0 Å². The first-order valence-corrected chi connectivity index (χ1v) is 9.47. The van der Waals surface area contributed by atoms with Crippen LogP contribution in [0.4, 0.5) is 4.39 Å². The average Bonchev–Trinajstić information content (AvgIpc) is 2.91. The van der Waals surface area contributed by atoms with Crippen LogP contribution in [0.5, 0.6) is 5.75 Å². The molecule has 2 bridgehead atoms. The lowest BCUT2D eigenvalue weighted by Gasteiger charge is -2.44. The number of benzene rings is 2. The van der Waals surface area contributed by atoms with Crippen molar-refractivity contribution in [2.45, 2.75) is 49.9 Å². The van der Waals surface area contributed by atoms with Gasteiger partial charge in [0.15, 0.2) is 0 Å². The monoisotopic (exact) mass is 365 g/mol. The average molecular weight is 365 g/mol. The van der Waals surface area contributed by atoms with Crippen LogP contribution in [0.15, 0.2) is 48.5 Å². The normalized spacial score (nSPS) is 27.3. The molecule has 140 valence electrons. The second kappa shape index (κ2) is 7.34. The predicted molar refractivity (Wildman–Crippen MR) is 103 cm³/mol. The van der Waals surface area contributed by atoms with Crippen molar-refractivity contribution in [2.24, 2.45) is 0 Å². The minimum absolute atomic E-state index is 0.266. The highest BCUT2D eigenvalue weighted by atomic mass is 19.1. The summed E-state index contributed by atoms with van der Waals surface area (Å²) < 4.78 is 18.7. The molecule has 0 radical (unpaired) electrons. The van der Waals surface area contributed by atoms with Crippen molar-refractivity contribution in [1.82, 2.24) is 4.90 Å². The summed E-state index contributed by atoms with van der Waals surface area (Å²) >= 11 is 0. The third-order valence-electron chi connectivity index (χ3n) is 5.91. The van der Waals surface area contributed by atoms with Crippen molar-refractivity contribution in [1.29, 1.82) is 0 Å². The molecule has 2 atom stereocenters. The highest BCUT2D eigenvalue weighted by Gasteiger charge is 2.48. The van der Waals surface area contributed by atoms with Crippen LogP contribution in [0.1, 0.15) is 36.8 Å². The number of piperidine rings is 1. The quantitative estimate of drug-likeness (QED) is 0.817. The number of ether oxygens (including phenoxy) is 1. The highest BCUT2D eigenvalue weighted by molar-refractivity contribution is 5.29. The Morgan fingerprint density at radius 1 is 1.07 bits per heavy atom. The molecular weight excluding hydrogens is 341 g/mol. The lowest BCUT2D eigenvalue weighted by Crippen LogP contribution is -2.49. The molecule has 2 fully saturated rings. The summed E-state index contributed by atoms with van der Waals surface area (Å²) in [4.78, 5) is 2.51. The Morgan fingerprint density at radius 3 is 2.30 bits per heavy atom. The van der Waals surface area contributed by atoms with Gasteiger partial charge in [0.25, 0.3) is 0 Å². The Balaban J connectivity index is 1.45. The molecule has 0 aliphatic carbocycles. The van der Waals surface area contributed by atoms with E-state index in [0.29, 0.717) is 24.9 Å². The van der Waals surface area contributed by atoms with E-state index in [4.69, 9.17) is 11.2 Å². The van der Waals surface area contributed by atoms with Crippen LogP contribution < -0.4 is 4.74 Å². The number of hydrogen-bond acceptors (Lipinski definition) is 3. The summed E-state index contributed by atoms with van der Waals surface area (Å²) in [6.45, 7) is 1.14. The molecule has 4 rings (SSSR count). The molecule has 0 spiro atoms. The Labute approximate surface area is 159 Å². The molecule has 1 N–H and O–H groups in total. The molecule has 2 aliphatic rings. The predicted octanol–water partition coefficient (Wildman–Crippen LogP) is 3.85. The van der Waals surface area contributed by atoms with Gasteiger partial charge in [0, 0.05) is 18.6 Å². The van der Waals surface area contributed by atoms with Crippen LogP contribution in [-0.2, 0) is 12.1 Å². The van der Waals surface area contributed by atoms with Crippen LogP contribution in [0.3, 0.4) is 0 Å². The lowest BCUT2D eigenvalue weighted by molar-refractivity contribution is -0.0595. The maximum atomic E-state index is 13.2. The SMILES string of the molecule is C#CCOc1ccc(CN2[C@H]3CC[C@H]2CC(O)(c2ccc(F)cc2)C3)cc1. The van der Waals surface area contributed by atoms with E-state index in [0.717, 1.165) is 30.7 Å². The largest absolute Gasteiger partial charge is 0.481 e. The summed E-state index contributed by atoms with van der Waals surface area (Å²) in [7, 11) is 0. The fraction of sp³-hybridized carbons (Fsp3) is 0.391. The summed E-state index contributed by atoms with van der Waals surface area (Å²) in [5, 5.41) is 11.2. The maximum Gasteiger partial charge on any atom is 0.148 e. The van der Waals surface area contributed by atoms with Gasteiger partial charge in [-0.25, -0.2) is 4.39 Å². The van der Waals surface area contributed by atoms with Crippen LogP contribution in [0, 0.1) is 18.2 Å². The van der Waals surface area contributed by atoms with Gasteiger partial charge in [-0.3, -0.25) is 4.90 Å². The van der Waals surface area contributed by atoms with Gasteiger partial charge in [-0.15, -0.1) is 6.42 Å². The van der Waals surface area contributed by atoms with Crippen LogP contribution in [0.25, 0.3) is 0 Å². The molecule has 2 heterocycles. The molecule has 2 aromatic rings. The molecular formula is C23H24FNO2. The third kappa shape index (κ3) is 3.71. The highest BCUT2D eigenvalue weighted by Crippen LogP contribution is 2.46. The fourth-order valence-corrected chi connectivity index (χ4v) is 4.60. The van der Waals surface area contributed by atoms with Crippen molar-refractivity contribution in [3.05, 3.63) is 65.5 Å². The van der Waals surface area contributed by atoms with E-state index in [1.54, 1.807) is 12.1 Å². The fourth-order valence-electron chi connectivity index (χ4n) is 4.60. The van der Waals surface area contributed by atoms with E-state index in [1.165, 1.54) is 17.7 Å². The first kappa shape index (κ1) is 18.0. The van der Waals surface area contributed by atoms with E-state index in [1.807, 2.05) is 12.1 Å². The zero-order valence-electron chi connectivity index (χ0n) is 15.3. The lowest BCUT2D eigenvalue weighted by atomic mass is 9.80. The van der Waals surface area contributed by atoms with Gasteiger partial charge < -0.3 is 9.84 Å². The summed E-state index contributed by atoms with van der Waals surface area (Å²) in [5.74, 6) is 2.98. The smallest absolute Gasteiger partial charge is 0.148 e. The zero-order chi connectivity index (χ0) is 18.9. The summed E-state index contributed by atoms with van der Waals surface area (Å²) in [6.07, 6.45) is 8.79. The number of aliphatic hydroxyl groups is 1. The summed E-state index contributed by atoms with van der Waals surface area (Å²) in [6, 6.07) is 15.1. The van der Waals surface area contributed by atoms with Crippen molar-refractivity contribution in [3.63, 3.8) is 0 Å². The van der Waals surface area contributed by atoms with E-state index >= 15 is 0 Å². The molecule has 0 saturated carbocycles. The van der Waals surface area contributed by atoms with E-state index < -0.39 is 5.60 Å². The topological polar surface area (TPSA) is 32.7 Å². The van der Waals surface area contributed by atoms with Crippen LogP contribution in [0.2, 0.25) is 0 Å². The summed E-state index contributed by atoms with van der Waals surface area (Å²) in [5.41, 5.74) is 1.20. The van der Waals surface area contributed by atoms with Gasteiger partial charge in [-0.1, -0.05) is 30.2 Å². The van der Waals surface area contributed by atoms with E-state index in [-0.39, 0.29) is 12.4 Å². The molecule has 0 amide bonds. The Hall–Kier alpha value is -2.35. The van der Waals surface area contributed by atoms with Gasteiger partial charge in [0.1, 0.15) is 18.2 Å². The molecule has 3 nitrogen and oxygen atoms in total. The number of hydrogen-bond donors (Lipinski definition) is 1. The first-order valence-electron chi connectivity index (χ1n) is 9.47. The molecule has 0 aromatic heterocycles. The second-order valence-electron chi connectivity index (χ2n) is 7.64. The standard InChI is InChI=1S/C23H24FNO2/c1-2-13-27-22-11-3-17(4-12-22)16-25-20-9-10-21(25)15-23(26,14-20)18-5-7-19(24)8-6-18/h1,3-8,11-12,20-21,26H,9-10,13-16H2/t20-,21-/m0/s1. The number of terminal acetylenes is 1. The second-order valence-corrected chi connectivity index (χ2v) is 7.64. The van der Waals surface area contributed by atoms with Gasteiger partial charge >= 0.3 is 0 Å². The first-order chi connectivity index (χ1) is 13.1. The molecule has 4 heteroatoms. The Morgan fingerprint density at radius 2 is 1.70 bits per heavy atom. The molecule has 2 aliphatic heterocycles.